The fourth-order valence-corrected chi connectivity index (χ4v) is 3.86. The molecule has 1 N–H and O–H groups in total. The van der Waals surface area contributed by atoms with Gasteiger partial charge in [0.25, 0.3) is 0 Å². The van der Waals surface area contributed by atoms with Crippen molar-refractivity contribution in [1.29, 1.82) is 0 Å². The van der Waals surface area contributed by atoms with Crippen LogP contribution >= 0.6 is 11.8 Å². The number of unbranched alkanes of at least 4 members (excludes halogenated alkanes) is 7. The van der Waals surface area contributed by atoms with Crippen molar-refractivity contribution in [2.45, 2.75) is 58.3 Å². The number of carbonyl (C=O) groups is 1. The maximum Gasteiger partial charge on any atom is 0.351 e. The van der Waals surface area contributed by atoms with Crippen LogP contribution in [0.1, 0.15) is 68.6 Å². The van der Waals surface area contributed by atoms with Gasteiger partial charge in [-0.15, -0.1) is 0 Å². The summed E-state index contributed by atoms with van der Waals surface area (Å²) < 4.78 is 18.4. The molecule has 2 rings (SSSR count). The van der Waals surface area contributed by atoms with E-state index in [-0.39, 0.29) is 16.7 Å². The Kier molecular flexibility index (Phi) is 8.85. The highest BCUT2D eigenvalue weighted by atomic mass is 32.2. The highest BCUT2D eigenvalue weighted by molar-refractivity contribution is 7.99. The van der Waals surface area contributed by atoms with Crippen molar-refractivity contribution in [1.82, 2.24) is 0 Å². The molecule has 0 unspecified atom stereocenters. The summed E-state index contributed by atoms with van der Waals surface area (Å²) >= 11 is 1.44. The standard InChI is InChI=1S/C21H27FO4S/c1-2-3-4-5-6-7-8-9-12-27-14-17(23)19-20(24)16-13-15(22)10-11-18(16)26-21(19)25/h10-11,13,24H,2-9,12,14H2,1H3. The highest BCUT2D eigenvalue weighted by Crippen LogP contribution is 2.27. The largest absolute Gasteiger partial charge is 0.506 e. The lowest BCUT2D eigenvalue weighted by molar-refractivity contribution is 0.101. The van der Waals surface area contributed by atoms with Crippen molar-refractivity contribution in [3.63, 3.8) is 0 Å². The van der Waals surface area contributed by atoms with Gasteiger partial charge in [0.05, 0.1) is 11.1 Å². The molecule has 0 aliphatic rings. The minimum absolute atomic E-state index is 0.0334. The molecule has 148 valence electrons. The molecule has 0 fully saturated rings. The Morgan fingerprint density at radius 3 is 2.48 bits per heavy atom. The number of hydrogen-bond acceptors (Lipinski definition) is 5. The number of aromatic hydroxyl groups is 1. The van der Waals surface area contributed by atoms with Gasteiger partial charge in [-0.25, -0.2) is 9.18 Å². The molecule has 6 heteroatoms. The molecule has 1 aromatic carbocycles. The third-order valence-electron chi connectivity index (χ3n) is 4.49. The van der Waals surface area contributed by atoms with Crippen LogP contribution in [-0.4, -0.2) is 22.4 Å². The fourth-order valence-electron chi connectivity index (χ4n) is 2.98. The van der Waals surface area contributed by atoms with E-state index in [1.54, 1.807) is 0 Å². The van der Waals surface area contributed by atoms with E-state index in [1.807, 2.05) is 0 Å². The molecule has 0 amide bonds. The Bertz CT molecular complexity index is 816. The van der Waals surface area contributed by atoms with Crippen LogP contribution in [0.15, 0.2) is 27.4 Å². The number of rotatable bonds is 12. The molecule has 0 atom stereocenters. The van der Waals surface area contributed by atoms with E-state index in [1.165, 1.54) is 56.4 Å². The second-order valence-electron chi connectivity index (χ2n) is 6.70. The van der Waals surface area contributed by atoms with Gasteiger partial charge in [-0.2, -0.15) is 11.8 Å². The van der Waals surface area contributed by atoms with Gasteiger partial charge >= 0.3 is 5.63 Å². The molecule has 0 spiro atoms. The predicted molar refractivity (Wildman–Crippen MR) is 108 cm³/mol. The first-order valence-electron chi connectivity index (χ1n) is 9.61. The Balaban J connectivity index is 1.80. The summed E-state index contributed by atoms with van der Waals surface area (Å²) in [6.07, 6.45) is 9.78. The van der Waals surface area contributed by atoms with E-state index in [0.29, 0.717) is 0 Å². The number of carbonyl (C=O) groups excluding carboxylic acids is 1. The van der Waals surface area contributed by atoms with Crippen molar-refractivity contribution in [2.75, 3.05) is 11.5 Å². The molecule has 1 aromatic heterocycles. The summed E-state index contributed by atoms with van der Waals surface area (Å²) in [6, 6.07) is 3.45. The van der Waals surface area contributed by atoms with Gasteiger partial charge in [-0.05, 0) is 30.4 Å². The van der Waals surface area contributed by atoms with Gasteiger partial charge in [0.2, 0.25) is 0 Å². The van der Waals surface area contributed by atoms with E-state index in [9.17, 15) is 19.1 Å². The zero-order valence-electron chi connectivity index (χ0n) is 15.8. The Morgan fingerprint density at radius 1 is 1.11 bits per heavy atom. The number of Topliss-reactive ketones (excluding diaryl/α,β-unsaturated/α-hetero) is 1. The average molecular weight is 395 g/mol. The van der Waals surface area contributed by atoms with Crippen LogP contribution in [0, 0.1) is 5.82 Å². The molecule has 0 aliphatic carbocycles. The van der Waals surface area contributed by atoms with E-state index in [4.69, 9.17) is 4.42 Å². The van der Waals surface area contributed by atoms with Crippen molar-refractivity contribution in [3.8, 4) is 5.75 Å². The molecule has 0 aliphatic heterocycles. The Hall–Kier alpha value is -1.82. The van der Waals surface area contributed by atoms with Crippen LogP contribution in [0.3, 0.4) is 0 Å². The van der Waals surface area contributed by atoms with Crippen molar-refractivity contribution in [3.05, 3.63) is 40.0 Å². The lowest BCUT2D eigenvalue weighted by atomic mass is 10.1. The third kappa shape index (κ3) is 6.38. The van der Waals surface area contributed by atoms with Gasteiger partial charge in [-0.3, -0.25) is 4.79 Å². The monoisotopic (exact) mass is 394 g/mol. The average Bonchev–Trinajstić information content (AvgIpc) is 2.64. The lowest BCUT2D eigenvalue weighted by Gasteiger charge is -2.06. The second kappa shape index (κ2) is 11.1. The van der Waals surface area contributed by atoms with Crippen LogP contribution in [0.4, 0.5) is 4.39 Å². The van der Waals surface area contributed by atoms with Gasteiger partial charge in [0.15, 0.2) is 5.78 Å². The minimum Gasteiger partial charge on any atom is -0.506 e. The maximum absolute atomic E-state index is 13.4. The zero-order valence-corrected chi connectivity index (χ0v) is 16.6. The molecule has 27 heavy (non-hydrogen) atoms. The summed E-state index contributed by atoms with van der Waals surface area (Å²) in [5.74, 6) is -0.644. The maximum atomic E-state index is 13.4. The van der Waals surface area contributed by atoms with Crippen molar-refractivity contribution < 1.29 is 18.7 Å². The van der Waals surface area contributed by atoms with E-state index in [2.05, 4.69) is 6.92 Å². The first kappa shape index (κ1) is 21.5. The van der Waals surface area contributed by atoms with E-state index < -0.39 is 28.5 Å². The molecular weight excluding hydrogens is 367 g/mol. The SMILES string of the molecule is CCCCCCCCCCSCC(=O)c1c(O)c2cc(F)ccc2oc1=O. The molecule has 0 radical (unpaired) electrons. The van der Waals surface area contributed by atoms with Crippen LogP contribution in [0.5, 0.6) is 5.75 Å². The molecule has 0 saturated carbocycles. The van der Waals surface area contributed by atoms with Crippen LogP contribution in [-0.2, 0) is 0 Å². The highest BCUT2D eigenvalue weighted by Gasteiger charge is 2.21. The summed E-state index contributed by atoms with van der Waals surface area (Å²) in [4.78, 5) is 24.3. The zero-order chi connectivity index (χ0) is 19.6. The summed E-state index contributed by atoms with van der Waals surface area (Å²) in [7, 11) is 0. The van der Waals surface area contributed by atoms with Gasteiger partial charge in [0, 0.05) is 0 Å². The Morgan fingerprint density at radius 2 is 1.78 bits per heavy atom. The van der Waals surface area contributed by atoms with Gasteiger partial charge in [0.1, 0.15) is 22.7 Å². The molecule has 4 nitrogen and oxygen atoms in total. The molecule has 0 saturated heterocycles. The van der Waals surface area contributed by atoms with Crippen LogP contribution in [0.25, 0.3) is 11.0 Å². The van der Waals surface area contributed by atoms with Crippen molar-refractivity contribution in [2.24, 2.45) is 0 Å². The molecule has 1 heterocycles. The third-order valence-corrected chi connectivity index (χ3v) is 5.54. The van der Waals surface area contributed by atoms with Gasteiger partial charge < -0.3 is 9.52 Å². The topological polar surface area (TPSA) is 67.5 Å². The van der Waals surface area contributed by atoms with Crippen molar-refractivity contribution >= 4 is 28.5 Å². The number of halogens is 1. The number of fused-ring (bicyclic) bond motifs is 1. The van der Waals surface area contributed by atoms with Gasteiger partial charge in [-0.1, -0.05) is 51.9 Å². The summed E-state index contributed by atoms with van der Waals surface area (Å²) in [5, 5.41) is 10.3. The van der Waals surface area contributed by atoms with Crippen LogP contribution in [0.2, 0.25) is 0 Å². The molecule has 0 bridgehead atoms. The number of benzene rings is 1. The number of thioether (sulfide) groups is 1. The molecular formula is C21H27FO4S. The van der Waals surface area contributed by atoms with E-state index in [0.717, 1.165) is 30.7 Å². The second-order valence-corrected chi connectivity index (χ2v) is 7.81. The molecule has 2 aromatic rings. The normalized spacial score (nSPS) is 11.2. The first-order valence-corrected chi connectivity index (χ1v) is 10.8. The van der Waals surface area contributed by atoms with E-state index >= 15 is 0 Å². The predicted octanol–water partition coefficient (Wildman–Crippen LogP) is 5.69. The smallest absolute Gasteiger partial charge is 0.351 e. The summed E-state index contributed by atoms with van der Waals surface area (Å²) in [6.45, 7) is 2.21. The quantitative estimate of drug-likeness (QED) is 0.284. The summed E-state index contributed by atoms with van der Waals surface area (Å²) in [5.41, 5.74) is -1.22. The minimum atomic E-state index is -0.885. The van der Waals surface area contributed by atoms with Crippen LogP contribution < -0.4 is 5.63 Å². The lowest BCUT2D eigenvalue weighted by Crippen LogP contribution is -2.16. The first-order chi connectivity index (χ1) is 13.0. The number of ketones is 1. The number of hydrogen-bond donors (Lipinski definition) is 1. The fraction of sp³-hybridized carbons (Fsp3) is 0.524. The Labute approximate surface area is 163 Å².